The number of H-pyrrole nitrogens is 1. The van der Waals surface area contributed by atoms with Gasteiger partial charge < -0.3 is 16.0 Å². The quantitative estimate of drug-likeness (QED) is 0.419. The number of pyridine rings is 1. The van der Waals surface area contributed by atoms with Gasteiger partial charge in [0.1, 0.15) is 5.82 Å². The van der Waals surface area contributed by atoms with Crippen molar-refractivity contribution in [2.45, 2.75) is 31.8 Å². The number of rotatable bonds is 4. The minimum Gasteiger partial charge on any atom is -0.383 e. The molecule has 0 spiro atoms. The van der Waals surface area contributed by atoms with E-state index < -0.39 is 11.8 Å². The molecule has 4 aromatic rings. The Hall–Kier alpha value is -4.20. The monoisotopic (exact) mass is 440 g/mol. The van der Waals surface area contributed by atoms with Gasteiger partial charge in [0.05, 0.1) is 35.0 Å². The molecule has 0 saturated carbocycles. The highest BCUT2D eigenvalue weighted by atomic mass is 16.2. The molecule has 166 valence electrons. The molecule has 5 rings (SSSR count). The topological polar surface area (TPSA) is 117 Å². The van der Waals surface area contributed by atoms with Crippen LogP contribution >= 0.6 is 0 Å². The molecule has 0 radical (unpaired) electrons. The second-order valence-electron chi connectivity index (χ2n) is 8.20. The number of aryl methyl sites for hydroxylation is 1. The molecule has 0 saturated heterocycles. The number of carbonyl (C=O) groups excluding carboxylic acids is 2. The standard InChI is InChI=1S/C25H24N6O2/c26-23-19-13-28-30-22(19)20(14-27-23)29-24(32)25(33)31(15-16-7-2-1-3-8-16)21-12-6-10-17-9-4-5-11-18(17)21/h1-5,7-9,11,13-14,21H,6,10,12,15H2,(H2,26,27)(H,28,30)(H,29,32). The van der Waals surface area contributed by atoms with Crippen molar-refractivity contribution in [3.05, 3.63) is 83.7 Å². The summed E-state index contributed by atoms with van der Waals surface area (Å²) in [6.07, 6.45) is 5.70. The number of anilines is 2. The van der Waals surface area contributed by atoms with Crippen LogP contribution in [-0.4, -0.2) is 31.9 Å². The number of carbonyl (C=O) groups is 2. The third kappa shape index (κ3) is 4.03. The fourth-order valence-electron chi connectivity index (χ4n) is 4.51. The molecule has 1 unspecified atom stereocenters. The number of aromatic amines is 1. The molecule has 1 aliphatic rings. The van der Waals surface area contributed by atoms with Crippen LogP contribution in [0.25, 0.3) is 10.9 Å². The highest BCUT2D eigenvalue weighted by Crippen LogP contribution is 2.35. The van der Waals surface area contributed by atoms with Gasteiger partial charge in [-0.05, 0) is 36.0 Å². The Kier molecular flexibility index (Phi) is 5.48. The number of nitrogens with one attached hydrogen (secondary N) is 2. The highest BCUT2D eigenvalue weighted by Gasteiger charge is 2.33. The van der Waals surface area contributed by atoms with E-state index in [-0.39, 0.29) is 6.04 Å². The number of hydrogen-bond acceptors (Lipinski definition) is 5. The van der Waals surface area contributed by atoms with Crippen LogP contribution in [0.3, 0.4) is 0 Å². The third-order valence-electron chi connectivity index (χ3n) is 6.13. The Labute approximate surface area is 190 Å². The number of nitrogens with zero attached hydrogens (tertiary/aromatic N) is 3. The number of nitrogen functional groups attached to an aromatic ring is 1. The number of aromatic nitrogens is 3. The molecule has 2 aromatic heterocycles. The van der Waals surface area contributed by atoms with Gasteiger partial charge in [0.25, 0.3) is 0 Å². The van der Waals surface area contributed by atoms with E-state index in [1.807, 2.05) is 42.5 Å². The lowest BCUT2D eigenvalue weighted by Crippen LogP contribution is -2.42. The molecule has 8 nitrogen and oxygen atoms in total. The van der Waals surface area contributed by atoms with Crippen LogP contribution in [0.15, 0.2) is 67.0 Å². The number of fused-ring (bicyclic) bond motifs is 2. The molecule has 0 bridgehead atoms. The SMILES string of the molecule is Nc1ncc(NC(=O)C(=O)N(Cc2ccccc2)C2CCCc3ccccc32)c2[nH]ncc12. The van der Waals surface area contributed by atoms with E-state index in [4.69, 9.17) is 5.73 Å². The van der Waals surface area contributed by atoms with Crippen LogP contribution in [0.2, 0.25) is 0 Å². The van der Waals surface area contributed by atoms with Gasteiger partial charge in [0.2, 0.25) is 0 Å². The molecule has 8 heteroatoms. The van der Waals surface area contributed by atoms with Crippen LogP contribution in [0.1, 0.15) is 35.6 Å². The summed E-state index contributed by atoms with van der Waals surface area (Å²) in [7, 11) is 0. The molecule has 33 heavy (non-hydrogen) atoms. The summed E-state index contributed by atoms with van der Waals surface area (Å²) in [6.45, 7) is 0.339. The van der Waals surface area contributed by atoms with Gasteiger partial charge in [-0.1, -0.05) is 54.6 Å². The molecule has 0 aliphatic heterocycles. The largest absolute Gasteiger partial charge is 0.383 e. The second-order valence-corrected chi connectivity index (χ2v) is 8.20. The van der Waals surface area contributed by atoms with Crippen molar-refractivity contribution in [2.75, 3.05) is 11.1 Å². The summed E-state index contributed by atoms with van der Waals surface area (Å²) in [4.78, 5) is 32.5. The van der Waals surface area contributed by atoms with Crippen LogP contribution < -0.4 is 11.1 Å². The lowest BCUT2D eigenvalue weighted by molar-refractivity contribution is -0.145. The van der Waals surface area contributed by atoms with Crippen molar-refractivity contribution in [3.63, 3.8) is 0 Å². The number of hydrogen-bond donors (Lipinski definition) is 3. The van der Waals surface area contributed by atoms with Gasteiger partial charge in [-0.2, -0.15) is 5.10 Å². The maximum Gasteiger partial charge on any atom is 0.314 e. The van der Waals surface area contributed by atoms with Crippen molar-refractivity contribution in [3.8, 4) is 0 Å². The first kappa shape index (κ1) is 20.7. The maximum absolute atomic E-state index is 13.5. The average Bonchev–Trinajstić information content (AvgIpc) is 3.35. The molecule has 2 heterocycles. The van der Waals surface area contributed by atoms with E-state index in [1.54, 1.807) is 4.90 Å². The summed E-state index contributed by atoms with van der Waals surface area (Å²) in [5.74, 6) is -1.02. The smallest absolute Gasteiger partial charge is 0.314 e. The molecule has 1 aliphatic carbocycles. The molecule has 2 aromatic carbocycles. The predicted octanol–water partition coefficient (Wildman–Crippen LogP) is 3.59. The summed E-state index contributed by atoms with van der Waals surface area (Å²) in [6, 6.07) is 17.7. The summed E-state index contributed by atoms with van der Waals surface area (Å²) in [5.41, 5.74) is 10.1. The Morgan fingerprint density at radius 1 is 1.09 bits per heavy atom. The fourth-order valence-corrected chi connectivity index (χ4v) is 4.51. The van der Waals surface area contributed by atoms with Crippen molar-refractivity contribution < 1.29 is 9.59 Å². The summed E-state index contributed by atoms with van der Waals surface area (Å²) < 4.78 is 0. The lowest BCUT2D eigenvalue weighted by atomic mass is 9.86. The van der Waals surface area contributed by atoms with Crippen LogP contribution in [0.5, 0.6) is 0 Å². The van der Waals surface area contributed by atoms with Gasteiger partial charge in [-0.15, -0.1) is 0 Å². The number of nitrogens with two attached hydrogens (primary N) is 1. The Bertz CT molecular complexity index is 1320. The van der Waals surface area contributed by atoms with E-state index in [9.17, 15) is 9.59 Å². The van der Waals surface area contributed by atoms with Crippen LogP contribution in [0, 0.1) is 0 Å². The zero-order valence-electron chi connectivity index (χ0n) is 18.0. The first-order valence-electron chi connectivity index (χ1n) is 10.9. The maximum atomic E-state index is 13.5. The summed E-state index contributed by atoms with van der Waals surface area (Å²) >= 11 is 0. The highest BCUT2D eigenvalue weighted by molar-refractivity contribution is 6.40. The van der Waals surface area contributed by atoms with Crippen molar-refractivity contribution in [1.29, 1.82) is 0 Å². The van der Waals surface area contributed by atoms with Gasteiger partial charge in [-0.25, -0.2) is 4.98 Å². The molecule has 2 amide bonds. The van der Waals surface area contributed by atoms with E-state index >= 15 is 0 Å². The zero-order chi connectivity index (χ0) is 22.8. The second kappa shape index (κ2) is 8.74. The summed E-state index contributed by atoms with van der Waals surface area (Å²) in [5, 5.41) is 10.1. The van der Waals surface area contributed by atoms with Gasteiger partial charge in [-0.3, -0.25) is 14.7 Å². The normalized spacial score (nSPS) is 15.1. The van der Waals surface area contributed by atoms with E-state index in [2.05, 4.69) is 32.6 Å². The van der Waals surface area contributed by atoms with E-state index in [0.717, 1.165) is 30.4 Å². The van der Waals surface area contributed by atoms with Crippen molar-refractivity contribution in [1.82, 2.24) is 20.1 Å². The first-order chi connectivity index (χ1) is 16.1. The van der Waals surface area contributed by atoms with Gasteiger partial charge >= 0.3 is 11.8 Å². The fraction of sp³-hybridized carbons (Fsp3) is 0.200. The van der Waals surface area contributed by atoms with E-state index in [1.165, 1.54) is 18.0 Å². The Balaban J connectivity index is 1.47. The average molecular weight is 441 g/mol. The molecule has 4 N–H and O–H groups in total. The minimum absolute atomic E-state index is 0.176. The van der Waals surface area contributed by atoms with Crippen LogP contribution in [0.4, 0.5) is 11.5 Å². The molecular weight excluding hydrogens is 416 g/mol. The van der Waals surface area contributed by atoms with Gasteiger partial charge in [0, 0.05) is 6.54 Å². The van der Waals surface area contributed by atoms with Crippen molar-refractivity contribution in [2.24, 2.45) is 0 Å². The van der Waals surface area contributed by atoms with Crippen LogP contribution in [-0.2, 0) is 22.6 Å². The lowest BCUT2D eigenvalue weighted by Gasteiger charge is -2.35. The molecular formula is C25H24N6O2. The van der Waals surface area contributed by atoms with Crippen molar-refractivity contribution >= 4 is 34.2 Å². The number of benzene rings is 2. The zero-order valence-corrected chi connectivity index (χ0v) is 18.0. The molecule has 1 atom stereocenters. The van der Waals surface area contributed by atoms with E-state index in [0.29, 0.717) is 29.0 Å². The predicted molar refractivity (Wildman–Crippen MR) is 126 cm³/mol. The Morgan fingerprint density at radius 3 is 2.73 bits per heavy atom. The minimum atomic E-state index is -0.726. The number of amides is 2. The molecule has 0 fully saturated rings. The third-order valence-corrected chi connectivity index (χ3v) is 6.13. The van der Waals surface area contributed by atoms with Gasteiger partial charge in [0.15, 0.2) is 0 Å². The first-order valence-corrected chi connectivity index (χ1v) is 10.9. The Morgan fingerprint density at radius 2 is 1.88 bits per heavy atom.